The molecule has 0 unspecified atom stereocenters. The molecular weight excluding hydrogens is 346 g/mol. The Labute approximate surface area is 154 Å². The number of benzene rings is 2. The van der Waals surface area contributed by atoms with Crippen LogP contribution in [0.4, 0.5) is 0 Å². The van der Waals surface area contributed by atoms with Crippen LogP contribution in [0.5, 0.6) is 0 Å². The highest BCUT2D eigenvalue weighted by Gasteiger charge is 2.23. The summed E-state index contributed by atoms with van der Waals surface area (Å²) in [4.78, 5) is 0.209. The van der Waals surface area contributed by atoms with Gasteiger partial charge >= 0.3 is 0 Å². The zero-order valence-corrected chi connectivity index (χ0v) is 15.8. The van der Waals surface area contributed by atoms with Gasteiger partial charge in [0.15, 0.2) is 0 Å². The quantitative estimate of drug-likeness (QED) is 0.693. The zero-order valence-electron chi connectivity index (χ0n) is 15.0. The van der Waals surface area contributed by atoms with Gasteiger partial charge in [-0.2, -0.15) is 5.10 Å². The van der Waals surface area contributed by atoms with Crippen LogP contribution in [0.15, 0.2) is 71.8 Å². The minimum absolute atomic E-state index is 0.209. The Balaban J connectivity index is 2.01. The van der Waals surface area contributed by atoms with Gasteiger partial charge in [0.2, 0.25) is 10.0 Å². The van der Waals surface area contributed by atoms with Crippen LogP contribution in [-0.2, 0) is 16.6 Å². The summed E-state index contributed by atoms with van der Waals surface area (Å²) < 4.78 is 30.0. The molecule has 0 amide bonds. The van der Waals surface area contributed by atoms with Crippen molar-refractivity contribution in [2.24, 2.45) is 5.92 Å². The fraction of sp³-hybridized carbons (Fsp3) is 0.250. The van der Waals surface area contributed by atoms with Crippen molar-refractivity contribution in [3.8, 4) is 11.3 Å². The number of rotatable bonds is 7. The molecule has 0 aliphatic rings. The molecule has 3 rings (SSSR count). The van der Waals surface area contributed by atoms with Crippen LogP contribution < -0.4 is 4.72 Å². The molecule has 0 saturated carbocycles. The van der Waals surface area contributed by atoms with E-state index in [2.05, 4.69) is 9.82 Å². The van der Waals surface area contributed by atoms with Gasteiger partial charge in [-0.05, 0) is 11.5 Å². The predicted octanol–water partition coefficient (Wildman–Crippen LogP) is 3.53. The van der Waals surface area contributed by atoms with Crippen molar-refractivity contribution in [3.63, 3.8) is 0 Å². The van der Waals surface area contributed by atoms with E-state index in [0.29, 0.717) is 18.8 Å². The summed E-state index contributed by atoms with van der Waals surface area (Å²) in [6, 6.07) is 19.3. The molecule has 0 radical (unpaired) electrons. The molecule has 6 heteroatoms. The molecule has 5 nitrogen and oxygen atoms in total. The van der Waals surface area contributed by atoms with E-state index in [1.54, 1.807) is 10.9 Å². The van der Waals surface area contributed by atoms with E-state index in [1.807, 2.05) is 74.5 Å². The van der Waals surface area contributed by atoms with Gasteiger partial charge in [0.1, 0.15) is 10.6 Å². The number of hydrogen-bond donors (Lipinski definition) is 1. The first-order valence-corrected chi connectivity index (χ1v) is 10.1. The third-order valence-corrected chi connectivity index (χ3v) is 5.36. The van der Waals surface area contributed by atoms with Gasteiger partial charge in [-0.1, -0.05) is 74.5 Å². The van der Waals surface area contributed by atoms with Gasteiger partial charge in [0, 0.05) is 18.3 Å². The molecule has 26 heavy (non-hydrogen) atoms. The van der Waals surface area contributed by atoms with Crippen molar-refractivity contribution in [3.05, 3.63) is 72.4 Å². The van der Waals surface area contributed by atoms with Crippen LogP contribution in [0.25, 0.3) is 11.3 Å². The fourth-order valence-corrected chi connectivity index (χ4v) is 3.98. The summed E-state index contributed by atoms with van der Waals surface area (Å²) in [7, 11) is -3.64. The van der Waals surface area contributed by atoms with Gasteiger partial charge in [-0.25, -0.2) is 13.1 Å². The Hall–Kier alpha value is -2.44. The van der Waals surface area contributed by atoms with E-state index in [1.165, 1.54) is 0 Å². The lowest BCUT2D eigenvalue weighted by molar-refractivity contribution is 0.560. The minimum Gasteiger partial charge on any atom is -0.266 e. The van der Waals surface area contributed by atoms with Crippen LogP contribution >= 0.6 is 0 Å². The van der Waals surface area contributed by atoms with Crippen LogP contribution in [0.3, 0.4) is 0 Å². The summed E-state index contributed by atoms with van der Waals surface area (Å²) in [5, 5.41) is 4.57. The molecule has 0 bridgehead atoms. The average molecular weight is 369 g/mol. The van der Waals surface area contributed by atoms with Gasteiger partial charge in [0.25, 0.3) is 0 Å². The second kappa shape index (κ2) is 7.85. The summed E-state index contributed by atoms with van der Waals surface area (Å²) in [6.07, 6.45) is 1.61. The van der Waals surface area contributed by atoms with E-state index in [-0.39, 0.29) is 10.8 Å². The monoisotopic (exact) mass is 369 g/mol. The molecule has 0 aliphatic heterocycles. The molecule has 0 saturated heterocycles. The number of nitrogens with zero attached hydrogens (tertiary/aromatic N) is 2. The van der Waals surface area contributed by atoms with E-state index >= 15 is 0 Å². The Morgan fingerprint density at radius 1 is 1.00 bits per heavy atom. The lowest BCUT2D eigenvalue weighted by Crippen LogP contribution is -2.27. The molecule has 0 spiro atoms. The highest BCUT2D eigenvalue weighted by Crippen LogP contribution is 2.26. The Morgan fingerprint density at radius 2 is 1.62 bits per heavy atom. The lowest BCUT2D eigenvalue weighted by Gasteiger charge is -2.08. The van der Waals surface area contributed by atoms with Crippen LogP contribution in [0.1, 0.15) is 19.4 Å². The summed E-state index contributed by atoms with van der Waals surface area (Å²) in [5.74, 6) is 0.226. The highest BCUT2D eigenvalue weighted by atomic mass is 32.2. The van der Waals surface area contributed by atoms with Crippen molar-refractivity contribution >= 4 is 10.0 Å². The Kier molecular flexibility index (Phi) is 5.54. The summed E-state index contributed by atoms with van der Waals surface area (Å²) >= 11 is 0. The van der Waals surface area contributed by atoms with Crippen molar-refractivity contribution in [2.45, 2.75) is 25.3 Å². The van der Waals surface area contributed by atoms with E-state index in [0.717, 1.165) is 11.1 Å². The SMILES string of the molecule is CC(C)CNS(=O)(=O)c1cn(Cc2ccccc2)nc1-c1ccccc1. The van der Waals surface area contributed by atoms with Crippen molar-refractivity contribution in [1.29, 1.82) is 0 Å². The molecule has 1 heterocycles. The summed E-state index contributed by atoms with van der Waals surface area (Å²) in [5.41, 5.74) is 2.32. The minimum atomic E-state index is -3.64. The molecule has 2 aromatic carbocycles. The van der Waals surface area contributed by atoms with Crippen LogP contribution in [-0.4, -0.2) is 24.7 Å². The number of aromatic nitrogens is 2. The molecule has 0 fully saturated rings. The second-order valence-corrected chi connectivity index (χ2v) is 8.37. The topological polar surface area (TPSA) is 64.0 Å². The zero-order chi connectivity index (χ0) is 18.6. The number of nitrogens with one attached hydrogen (secondary N) is 1. The normalized spacial score (nSPS) is 11.8. The predicted molar refractivity (Wildman–Crippen MR) is 103 cm³/mol. The largest absolute Gasteiger partial charge is 0.266 e. The third kappa shape index (κ3) is 4.39. The number of hydrogen-bond acceptors (Lipinski definition) is 3. The Bertz CT molecular complexity index is 949. The van der Waals surface area contributed by atoms with E-state index in [9.17, 15) is 8.42 Å². The standard InChI is InChI=1S/C20H23N3O2S/c1-16(2)13-21-26(24,25)19-15-23(14-17-9-5-3-6-10-17)22-20(19)18-11-7-4-8-12-18/h3-12,15-16,21H,13-14H2,1-2H3. The van der Waals surface area contributed by atoms with Crippen molar-refractivity contribution in [2.75, 3.05) is 6.54 Å². The van der Waals surface area contributed by atoms with Gasteiger partial charge in [0.05, 0.1) is 6.54 Å². The first-order chi connectivity index (χ1) is 12.5. The molecule has 0 aliphatic carbocycles. The third-order valence-electron chi connectivity index (χ3n) is 3.93. The maximum atomic E-state index is 12.8. The van der Waals surface area contributed by atoms with Gasteiger partial charge < -0.3 is 0 Å². The molecule has 3 aromatic rings. The summed E-state index contributed by atoms with van der Waals surface area (Å²) in [6.45, 7) is 4.85. The number of sulfonamides is 1. The highest BCUT2D eigenvalue weighted by molar-refractivity contribution is 7.89. The molecule has 136 valence electrons. The van der Waals surface area contributed by atoms with E-state index < -0.39 is 10.0 Å². The first kappa shape index (κ1) is 18.4. The second-order valence-electron chi connectivity index (χ2n) is 6.64. The van der Waals surface area contributed by atoms with Gasteiger partial charge in [-0.15, -0.1) is 0 Å². The first-order valence-electron chi connectivity index (χ1n) is 8.62. The molecule has 0 atom stereocenters. The molecule has 1 N–H and O–H groups in total. The van der Waals surface area contributed by atoms with Gasteiger partial charge in [-0.3, -0.25) is 4.68 Å². The molecular formula is C20H23N3O2S. The lowest BCUT2D eigenvalue weighted by atomic mass is 10.2. The maximum Gasteiger partial charge on any atom is 0.244 e. The fourth-order valence-electron chi connectivity index (χ4n) is 2.60. The van der Waals surface area contributed by atoms with Crippen molar-refractivity contribution in [1.82, 2.24) is 14.5 Å². The van der Waals surface area contributed by atoms with Crippen molar-refractivity contribution < 1.29 is 8.42 Å². The Morgan fingerprint density at radius 3 is 2.23 bits per heavy atom. The molecule has 1 aromatic heterocycles. The smallest absolute Gasteiger partial charge is 0.244 e. The van der Waals surface area contributed by atoms with Crippen LogP contribution in [0.2, 0.25) is 0 Å². The van der Waals surface area contributed by atoms with E-state index in [4.69, 9.17) is 0 Å². The average Bonchev–Trinajstić information content (AvgIpc) is 3.06. The maximum absolute atomic E-state index is 12.8. The van der Waals surface area contributed by atoms with Crippen LogP contribution in [0, 0.1) is 5.92 Å².